The number of likely N-dealkylation sites (tertiary alicyclic amines) is 1. The quantitative estimate of drug-likeness (QED) is 0.160. The lowest BCUT2D eigenvalue weighted by Crippen LogP contribution is -2.41. The second-order valence-corrected chi connectivity index (χ2v) is 18.1. The number of aliphatic carboxylic acids is 2. The molecule has 2 aromatic rings. The van der Waals surface area contributed by atoms with E-state index in [-0.39, 0.29) is 18.1 Å². The Morgan fingerprint density at radius 3 is 2.09 bits per heavy atom. The number of carboxylic acids is 2. The molecule has 1 amide bonds. The van der Waals surface area contributed by atoms with E-state index in [1.165, 1.54) is 57.4 Å². The van der Waals surface area contributed by atoms with Gasteiger partial charge in [0.2, 0.25) is 0 Å². The van der Waals surface area contributed by atoms with E-state index in [1.807, 2.05) is 75.2 Å². The van der Waals surface area contributed by atoms with E-state index in [4.69, 9.17) is 5.11 Å². The standard InChI is InChI=1S/C26H34N2O3S2.C7H14.C6H12O4S.C2H6/c1-18-7-4-5-9-21(18)23-15-19(16-28-13-6-8-20(28)17-33-3)10-11-22(23)25(29)27-24(26(30)31)12-14-32-2;1-7-5-3-2-4-6-7;1-5(6(7)8)3-4-11(2,9)10;1-2/h4-5,7,9-11,15,20,24H,6,8,12-14,16-17H2,1-3H3,(H,27,29)(H,30,31);7H,2-6H2,1H3;5H,3-4H2,1-2H3,(H,7,8);1-2H3. The number of nitrogens with one attached hydrogen (secondary N) is 1. The summed E-state index contributed by atoms with van der Waals surface area (Å²) in [6.45, 7) is 11.9. The molecule has 1 aliphatic carbocycles. The Labute approximate surface area is 328 Å². The van der Waals surface area contributed by atoms with Crippen molar-refractivity contribution in [1.82, 2.24) is 10.2 Å². The predicted octanol–water partition coefficient (Wildman–Crippen LogP) is 8.68. The lowest BCUT2D eigenvalue weighted by molar-refractivity contribution is -0.141. The summed E-state index contributed by atoms with van der Waals surface area (Å²) in [5.41, 5.74) is 4.64. The second kappa shape index (κ2) is 26.3. The van der Waals surface area contributed by atoms with E-state index in [9.17, 15) is 27.9 Å². The smallest absolute Gasteiger partial charge is 0.326 e. The Balaban J connectivity index is 0.000000572. The van der Waals surface area contributed by atoms with Gasteiger partial charge in [0, 0.05) is 30.2 Å². The number of thioether (sulfide) groups is 2. The minimum Gasteiger partial charge on any atom is -0.481 e. The van der Waals surface area contributed by atoms with Crippen molar-refractivity contribution in [3.8, 4) is 11.1 Å². The summed E-state index contributed by atoms with van der Waals surface area (Å²) in [7, 11) is -3.02. The number of benzene rings is 2. The number of rotatable bonds is 15. The maximum Gasteiger partial charge on any atom is 0.326 e. The van der Waals surface area contributed by atoms with Crippen LogP contribution in [0.5, 0.6) is 0 Å². The monoisotopic (exact) mass is 794 g/mol. The average Bonchev–Trinajstić information content (AvgIpc) is 3.56. The molecule has 300 valence electrons. The molecule has 0 bridgehead atoms. The van der Waals surface area contributed by atoms with Crippen molar-refractivity contribution in [3.05, 3.63) is 59.2 Å². The van der Waals surface area contributed by atoms with Gasteiger partial charge in [-0.2, -0.15) is 23.5 Å². The summed E-state index contributed by atoms with van der Waals surface area (Å²) >= 11 is 3.46. The molecule has 0 radical (unpaired) electrons. The first-order valence-corrected chi connectivity index (χ1v) is 23.9. The summed E-state index contributed by atoms with van der Waals surface area (Å²) in [4.78, 5) is 37.7. The molecule has 1 saturated heterocycles. The van der Waals surface area contributed by atoms with Crippen molar-refractivity contribution in [2.45, 2.75) is 111 Å². The molecule has 4 rings (SSSR count). The predicted molar refractivity (Wildman–Crippen MR) is 225 cm³/mol. The van der Waals surface area contributed by atoms with Crippen LogP contribution in [0.2, 0.25) is 0 Å². The summed E-state index contributed by atoms with van der Waals surface area (Å²) in [5, 5.41) is 20.7. The van der Waals surface area contributed by atoms with E-state index in [2.05, 4.69) is 29.5 Å². The maximum absolute atomic E-state index is 13.2. The third-order valence-corrected chi connectivity index (χ3v) is 11.8. The van der Waals surface area contributed by atoms with Gasteiger partial charge in [0.25, 0.3) is 5.91 Å². The molecule has 3 N–H and O–H groups in total. The third-order valence-electron chi connectivity index (χ3n) is 9.46. The van der Waals surface area contributed by atoms with Crippen LogP contribution in [-0.2, 0) is 26.0 Å². The fraction of sp³-hybridized carbons (Fsp3) is 0.634. The molecular weight excluding hydrogens is 729 g/mol. The Morgan fingerprint density at radius 1 is 0.906 bits per heavy atom. The number of hydrogen-bond donors (Lipinski definition) is 3. The highest BCUT2D eigenvalue weighted by Gasteiger charge is 2.26. The molecule has 0 spiro atoms. The van der Waals surface area contributed by atoms with E-state index in [1.54, 1.807) is 11.8 Å². The first-order chi connectivity index (χ1) is 25.2. The molecule has 1 aliphatic heterocycles. The van der Waals surface area contributed by atoms with Gasteiger partial charge in [0.05, 0.1) is 11.7 Å². The molecule has 12 heteroatoms. The minimum absolute atomic E-state index is 0.0551. The summed E-state index contributed by atoms with van der Waals surface area (Å²) in [6, 6.07) is 13.7. The zero-order valence-corrected chi connectivity index (χ0v) is 35.8. The number of hydrogen-bond acceptors (Lipinski definition) is 8. The second-order valence-electron chi connectivity index (χ2n) is 14.0. The van der Waals surface area contributed by atoms with Crippen molar-refractivity contribution < 1.29 is 33.0 Å². The van der Waals surface area contributed by atoms with E-state index >= 15 is 0 Å². The molecule has 53 heavy (non-hydrogen) atoms. The van der Waals surface area contributed by atoms with E-state index < -0.39 is 33.7 Å². The highest BCUT2D eigenvalue weighted by molar-refractivity contribution is 7.98. The topological polar surface area (TPSA) is 141 Å². The molecule has 0 aromatic heterocycles. The van der Waals surface area contributed by atoms with Gasteiger partial charge >= 0.3 is 11.9 Å². The van der Waals surface area contributed by atoms with Crippen molar-refractivity contribution in [3.63, 3.8) is 0 Å². The van der Waals surface area contributed by atoms with Crippen LogP contribution < -0.4 is 5.32 Å². The van der Waals surface area contributed by atoms with E-state index in [0.29, 0.717) is 23.8 Å². The number of carbonyl (C=O) groups excluding carboxylic acids is 1. The van der Waals surface area contributed by atoms with Gasteiger partial charge in [-0.05, 0) is 97.7 Å². The summed E-state index contributed by atoms with van der Waals surface area (Å²) < 4.78 is 21.1. The van der Waals surface area contributed by atoms with Crippen molar-refractivity contribution in [2.24, 2.45) is 11.8 Å². The fourth-order valence-corrected chi connectivity index (χ4v) is 8.27. The van der Waals surface area contributed by atoms with Gasteiger partial charge < -0.3 is 15.5 Å². The van der Waals surface area contributed by atoms with E-state index in [0.717, 1.165) is 47.7 Å². The maximum atomic E-state index is 13.2. The molecular formula is C41H66N2O7S3. The average molecular weight is 795 g/mol. The van der Waals surface area contributed by atoms with Gasteiger partial charge in [-0.3, -0.25) is 14.5 Å². The Morgan fingerprint density at radius 2 is 1.57 bits per heavy atom. The van der Waals surface area contributed by atoms with Crippen LogP contribution in [0.15, 0.2) is 42.5 Å². The van der Waals surface area contributed by atoms with Gasteiger partial charge in [-0.15, -0.1) is 0 Å². The summed E-state index contributed by atoms with van der Waals surface area (Å²) in [5.74, 6) is -0.0752. The molecule has 1 saturated carbocycles. The molecule has 9 nitrogen and oxygen atoms in total. The third kappa shape index (κ3) is 19.1. The van der Waals surface area contributed by atoms with Crippen LogP contribution in [0.4, 0.5) is 0 Å². The molecule has 1 heterocycles. The summed E-state index contributed by atoms with van der Waals surface area (Å²) in [6.07, 6.45) is 15.7. The zero-order chi connectivity index (χ0) is 40.0. The van der Waals surface area contributed by atoms with Gasteiger partial charge in [-0.25, -0.2) is 13.2 Å². The lowest BCUT2D eigenvalue weighted by Gasteiger charge is -2.24. The molecule has 2 fully saturated rings. The first-order valence-electron chi connectivity index (χ1n) is 19.0. The highest BCUT2D eigenvalue weighted by Crippen LogP contribution is 2.30. The lowest BCUT2D eigenvalue weighted by atomic mass is 9.91. The minimum atomic E-state index is -3.02. The van der Waals surface area contributed by atoms with Crippen molar-refractivity contribution >= 4 is 51.2 Å². The fourth-order valence-electron chi connectivity index (χ4n) is 6.25. The number of aryl methyl sites for hydroxylation is 1. The van der Waals surface area contributed by atoms with Gasteiger partial charge in [0.1, 0.15) is 15.9 Å². The molecule has 2 aromatic carbocycles. The van der Waals surface area contributed by atoms with Crippen molar-refractivity contribution in [1.29, 1.82) is 0 Å². The SMILES string of the molecule is CC.CC(CCS(C)(=O)=O)C(=O)O.CC1CCCCC1.CSCCC(NC(=O)c1ccc(CN2CCCC2CSC)cc1-c1ccccc1C)C(=O)O. The number of nitrogens with zero attached hydrogens (tertiary/aromatic N) is 1. The zero-order valence-electron chi connectivity index (χ0n) is 33.4. The number of carbonyl (C=O) groups is 3. The van der Waals surface area contributed by atoms with Crippen LogP contribution in [0.25, 0.3) is 11.1 Å². The normalized spacial score (nSPS) is 17.1. The van der Waals surface area contributed by atoms with Crippen LogP contribution >= 0.6 is 23.5 Å². The van der Waals surface area contributed by atoms with Crippen LogP contribution in [-0.4, -0.2) is 96.0 Å². The van der Waals surface area contributed by atoms with Crippen LogP contribution in [0.3, 0.4) is 0 Å². The number of sulfone groups is 1. The number of amides is 1. The van der Waals surface area contributed by atoms with Gasteiger partial charge in [-0.1, -0.05) is 90.1 Å². The van der Waals surface area contributed by atoms with Crippen LogP contribution in [0, 0.1) is 18.8 Å². The molecule has 2 aliphatic rings. The van der Waals surface area contributed by atoms with Gasteiger partial charge in [0.15, 0.2) is 0 Å². The Bertz CT molecular complexity index is 1500. The van der Waals surface area contributed by atoms with Crippen molar-refractivity contribution in [2.75, 3.05) is 42.6 Å². The van der Waals surface area contributed by atoms with Crippen LogP contribution in [0.1, 0.15) is 107 Å². The largest absolute Gasteiger partial charge is 0.481 e. The Hall–Kier alpha value is -2.54. The highest BCUT2D eigenvalue weighted by atomic mass is 32.2. The number of carboxylic acid groups (broad SMARTS) is 2. The molecule has 3 atom stereocenters. The molecule has 3 unspecified atom stereocenters. The first kappa shape index (κ1) is 48.5. The Kier molecular flexibility index (Phi) is 24.1.